The predicted octanol–water partition coefficient (Wildman–Crippen LogP) is 5.18. The number of aromatic nitrogens is 4. The van der Waals surface area contributed by atoms with Gasteiger partial charge in [0, 0.05) is 42.9 Å². The minimum absolute atomic E-state index is 0.0764. The first-order valence-electron chi connectivity index (χ1n) is 11.1. The summed E-state index contributed by atoms with van der Waals surface area (Å²) in [4.78, 5) is 12.0. The Hall–Kier alpha value is -3.50. The van der Waals surface area contributed by atoms with Gasteiger partial charge in [-0.25, -0.2) is 15.0 Å². The van der Waals surface area contributed by atoms with Crippen molar-refractivity contribution < 1.29 is 26.7 Å². The van der Waals surface area contributed by atoms with Gasteiger partial charge in [-0.15, -0.1) is 0 Å². The van der Waals surface area contributed by atoms with E-state index in [0.29, 0.717) is 35.5 Å². The van der Waals surface area contributed by atoms with Crippen LogP contribution in [0.15, 0.2) is 42.9 Å². The summed E-state index contributed by atoms with van der Waals surface area (Å²) in [6.07, 6.45) is 2.24. The van der Waals surface area contributed by atoms with Gasteiger partial charge in [-0.1, -0.05) is 30.3 Å². The van der Waals surface area contributed by atoms with Crippen LogP contribution in [0.1, 0.15) is 41.3 Å². The van der Waals surface area contributed by atoms with E-state index in [2.05, 4.69) is 25.0 Å². The fourth-order valence-corrected chi connectivity index (χ4v) is 4.34. The first-order valence-corrected chi connectivity index (χ1v) is 11.1. The van der Waals surface area contributed by atoms with E-state index in [1.54, 1.807) is 12.1 Å². The fourth-order valence-electron chi connectivity index (χ4n) is 4.34. The van der Waals surface area contributed by atoms with Crippen molar-refractivity contribution in [2.75, 3.05) is 6.54 Å². The molecule has 0 radical (unpaired) electrons. The number of nitrogens with zero attached hydrogens (tertiary/aromatic N) is 4. The molecule has 5 rings (SSSR count). The lowest BCUT2D eigenvalue weighted by Crippen LogP contribution is -2.16. The van der Waals surface area contributed by atoms with Crippen LogP contribution in [0, 0.1) is 5.92 Å². The maximum atomic E-state index is 13.0. The third-order valence-electron chi connectivity index (χ3n) is 6.11. The number of rotatable bonds is 7. The number of nitrogens with one attached hydrogen (secondary N) is 1. The number of hydrogen-bond donors (Lipinski definition) is 1. The quantitative estimate of drug-likeness (QED) is 0.462. The van der Waals surface area contributed by atoms with E-state index < -0.39 is 18.5 Å². The maximum Gasteiger partial charge on any atom is 0.434 e. The van der Waals surface area contributed by atoms with E-state index in [1.807, 2.05) is 18.2 Å². The first kappa shape index (κ1) is 23.3. The molecule has 1 aliphatic carbocycles. The van der Waals surface area contributed by atoms with Gasteiger partial charge < -0.3 is 14.6 Å². The standard InChI is InChI=1S/C24H22F5N5O/c1-34-11-18(24(27,28)29)33-21(34)16-4-2-13(3-5-16)8-14-9-17(30-10-14)19-20(15-6-7-15)31-12-32-22(19)35-23(25)26/h2-5,9,11-12,14-15,23,30H,6-8,10H2,1H3. The Bertz CT molecular complexity index is 1250. The van der Waals surface area contributed by atoms with Crippen LogP contribution >= 0.6 is 0 Å². The molecule has 1 fully saturated rings. The van der Waals surface area contributed by atoms with Crippen LogP contribution in [-0.2, 0) is 19.6 Å². The highest BCUT2D eigenvalue weighted by molar-refractivity contribution is 5.72. The summed E-state index contributed by atoms with van der Waals surface area (Å²) in [5.74, 6) is 0.393. The second kappa shape index (κ2) is 8.94. The Morgan fingerprint density at radius 1 is 1.14 bits per heavy atom. The van der Waals surface area contributed by atoms with Gasteiger partial charge in [-0.2, -0.15) is 22.0 Å². The van der Waals surface area contributed by atoms with Gasteiger partial charge in [0.15, 0.2) is 5.69 Å². The first-order chi connectivity index (χ1) is 16.7. The van der Waals surface area contributed by atoms with E-state index >= 15 is 0 Å². The molecule has 184 valence electrons. The molecular weight excluding hydrogens is 469 g/mol. The summed E-state index contributed by atoms with van der Waals surface area (Å²) < 4.78 is 70.8. The van der Waals surface area contributed by atoms with Crippen LogP contribution in [0.3, 0.4) is 0 Å². The van der Waals surface area contributed by atoms with Crippen LogP contribution in [0.4, 0.5) is 22.0 Å². The van der Waals surface area contributed by atoms with Gasteiger partial charge in [0.1, 0.15) is 12.2 Å². The molecule has 0 amide bonds. The van der Waals surface area contributed by atoms with Gasteiger partial charge in [0.2, 0.25) is 5.88 Å². The lowest BCUT2D eigenvalue weighted by molar-refractivity contribution is -0.140. The summed E-state index contributed by atoms with van der Waals surface area (Å²) in [6, 6.07) is 7.21. The fraction of sp³-hybridized carbons (Fsp3) is 0.375. The number of aryl methyl sites for hydroxylation is 1. The average Bonchev–Trinajstić information content (AvgIpc) is 3.42. The molecule has 1 unspecified atom stereocenters. The molecule has 6 nitrogen and oxygen atoms in total. The zero-order chi connectivity index (χ0) is 24.7. The van der Waals surface area contributed by atoms with Gasteiger partial charge in [-0.05, 0) is 24.8 Å². The number of alkyl halides is 5. The lowest BCUT2D eigenvalue weighted by Gasteiger charge is -2.14. The van der Waals surface area contributed by atoms with Crippen LogP contribution in [-0.4, -0.2) is 32.7 Å². The summed E-state index contributed by atoms with van der Waals surface area (Å²) in [5, 5.41) is 3.28. The van der Waals surface area contributed by atoms with Crippen molar-refractivity contribution in [2.24, 2.45) is 13.0 Å². The van der Waals surface area contributed by atoms with Crippen LogP contribution in [0.5, 0.6) is 5.88 Å². The Balaban J connectivity index is 1.34. The summed E-state index contributed by atoms with van der Waals surface area (Å²) in [5.41, 5.74) is 2.52. The number of benzene rings is 1. The molecular formula is C24H22F5N5O. The van der Waals surface area contributed by atoms with Crippen molar-refractivity contribution in [1.29, 1.82) is 0 Å². The Kier molecular flexibility index (Phi) is 5.94. The van der Waals surface area contributed by atoms with Crippen molar-refractivity contribution in [3.05, 3.63) is 65.4 Å². The van der Waals surface area contributed by atoms with Crippen molar-refractivity contribution in [1.82, 2.24) is 24.8 Å². The summed E-state index contributed by atoms with van der Waals surface area (Å²) in [7, 11) is 1.53. The van der Waals surface area contributed by atoms with Gasteiger partial charge in [0.25, 0.3) is 0 Å². The predicted molar refractivity (Wildman–Crippen MR) is 117 cm³/mol. The SMILES string of the molecule is Cn1cc(C(F)(F)F)nc1-c1ccc(CC2C=C(c3c(OC(F)F)ncnc3C3CC3)NC2)cc1. The molecule has 2 aromatic heterocycles. The molecule has 3 aromatic rings. The zero-order valence-corrected chi connectivity index (χ0v) is 18.7. The van der Waals surface area contributed by atoms with Crippen molar-refractivity contribution >= 4 is 5.70 Å². The number of hydrogen-bond acceptors (Lipinski definition) is 5. The highest BCUT2D eigenvalue weighted by atomic mass is 19.4. The third kappa shape index (κ3) is 4.98. The summed E-state index contributed by atoms with van der Waals surface area (Å²) in [6.45, 7) is -2.39. The van der Waals surface area contributed by atoms with Gasteiger partial charge >= 0.3 is 12.8 Å². The maximum absolute atomic E-state index is 13.0. The topological polar surface area (TPSA) is 64.9 Å². The lowest BCUT2D eigenvalue weighted by atomic mass is 9.98. The second-order valence-corrected chi connectivity index (χ2v) is 8.77. The minimum atomic E-state index is -4.50. The normalized spacial score (nSPS) is 18.0. The van der Waals surface area contributed by atoms with Crippen molar-refractivity contribution in [3.63, 3.8) is 0 Å². The molecule has 2 aliphatic rings. The smallest absolute Gasteiger partial charge is 0.416 e. The molecule has 3 heterocycles. The minimum Gasteiger partial charge on any atom is -0.416 e. The molecule has 1 aliphatic heterocycles. The molecule has 1 saturated carbocycles. The molecule has 0 bridgehead atoms. The number of ether oxygens (including phenoxy) is 1. The van der Waals surface area contributed by atoms with E-state index in [0.717, 1.165) is 24.6 Å². The zero-order valence-electron chi connectivity index (χ0n) is 18.7. The molecule has 0 spiro atoms. The average molecular weight is 491 g/mol. The van der Waals surface area contributed by atoms with E-state index in [1.165, 1.54) is 17.9 Å². The Morgan fingerprint density at radius 2 is 1.89 bits per heavy atom. The van der Waals surface area contributed by atoms with Crippen LogP contribution in [0.25, 0.3) is 17.1 Å². The van der Waals surface area contributed by atoms with Gasteiger partial charge in [-0.3, -0.25) is 0 Å². The van der Waals surface area contributed by atoms with E-state index in [4.69, 9.17) is 0 Å². The number of halogens is 5. The number of imidazole rings is 1. The van der Waals surface area contributed by atoms with Crippen molar-refractivity contribution in [3.8, 4) is 17.3 Å². The van der Waals surface area contributed by atoms with Gasteiger partial charge in [0.05, 0.1) is 11.3 Å². The molecule has 1 aromatic carbocycles. The molecule has 1 atom stereocenters. The largest absolute Gasteiger partial charge is 0.434 e. The molecule has 11 heteroatoms. The monoisotopic (exact) mass is 491 g/mol. The molecule has 35 heavy (non-hydrogen) atoms. The third-order valence-corrected chi connectivity index (χ3v) is 6.11. The highest BCUT2D eigenvalue weighted by Gasteiger charge is 2.35. The van der Waals surface area contributed by atoms with Crippen LogP contribution < -0.4 is 10.1 Å². The molecule has 1 N–H and O–H groups in total. The van der Waals surface area contributed by atoms with Crippen molar-refractivity contribution in [2.45, 2.75) is 38.0 Å². The second-order valence-electron chi connectivity index (χ2n) is 8.77. The molecule has 0 saturated heterocycles. The summed E-state index contributed by atoms with van der Waals surface area (Å²) >= 11 is 0. The highest BCUT2D eigenvalue weighted by Crippen LogP contribution is 2.44. The Morgan fingerprint density at radius 3 is 2.51 bits per heavy atom. The van der Waals surface area contributed by atoms with E-state index in [9.17, 15) is 22.0 Å². The Labute approximate surface area is 197 Å². The van der Waals surface area contributed by atoms with Crippen LogP contribution in [0.2, 0.25) is 0 Å². The van der Waals surface area contributed by atoms with E-state index in [-0.39, 0.29) is 23.5 Å².